The molecule has 2 atom stereocenters. The highest BCUT2D eigenvalue weighted by Crippen LogP contribution is 2.44. The van der Waals surface area contributed by atoms with Gasteiger partial charge in [0.25, 0.3) is 5.91 Å². The number of benzene rings is 4. The van der Waals surface area contributed by atoms with Crippen molar-refractivity contribution in [3.8, 4) is 23.0 Å². The molecule has 0 bridgehead atoms. The van der Waals surface area contributed by atoms with Crippen molar-refractivity contribution in [1.82, 2.24) is 10.9 Å². The zero-order chi connectivity index (χ0) is 36.2. The van der Waals surface area contributed by atoms with Crippen LogP contribution in [0.2, 0.25) is 0 Å². The van der Waals surface area contributed by atoms with Gasteiger partial charge in [0.05, 0.1) is 34.5 Å². The number of amides is 1. The molecule has 13 nitrogen and oxygen atoms in total. The first-order valence-corrected chi connectivity index (χ1v) is 16.9. The molecular weight excluding hydrogens is 720 g/mol. The van der Waals surface area contributed by atoms with Crippen LogP contribution in [0, 0.1) is 0 Å². The van der Waals surface area contributed by atoms with Gasteiger partial charge in [-0.2, -0.15) is 0 Å². The number of hydrogen-bond acceptors (Lipinski definition) is 10. The van der Waals surface area contributed by atoms with Crippen molar-refractivity contribution in [2.75, 3.05) is 34.5 Å². The number of halogens is 1. The van der Waals surface area contributed by atoms with Crippen LogP contribution in [0.4, 0.5) is 0 Å². The second-order valence-corrected chi connectivity index (χ2v) is 12.4. The predicted molar refractivity (Wildman–Crippen MR) is 195 cm³/mol. The summed E-state index contributed by atoms with van der Waals surface area (Å²) in [6.45, 7) is 0.670. The molecule has 5 rings (SSSR count). The van der Waals surface area contributed by atoms with E-state index in [0.717, 1.165) is 15.6 Å². The maximum Gasteiger partial charge on any atom is 0.266 e. The highest BCUT2D eigenvalue weighted by atomic mass is 79.9. The van der Waals surface area contributed by atoms with Crippen molar-refractivity contribution >= 4 is 27.7 Å². The Hall–Kier alpha value is -5.27. The quantitative estimate of drug-likeness (QED) is 0.0367. The number of carbonyl (C=O) groups is 1. The van der Waals surface area contributed by atoms with Crippen molar-refractivity contribution in [2.24, 2.45) is 10.1 Å². The van der Waals surface area contributed by atoms with Crippen molar-refractivity contribution in [1.29, 1.82) is 0 Å². The molecule has 266 valence electrons. The Balaban J connectivity index is 1.55. The van der Waals surface area contributed by atoms with E-state index < -0.39 is 17.6 Å². The third-order valence-corrected chi connectivity index (χ3v) is 8.81. The number of ether oxygens (including phenoxy) is 5. The first-order chi connectivity index (χ1) is 24.8. The molecular formula is C37H39BrN6O7. The van der Waals surface area contributed by atoms with Gasteiger partial charge in [-0.3, -0.25) is 10.2 Å². The van der Waals surface area contributed by atoms with E-state index in [1.807, 2.05) is 60.7 Å². The number of nitrogens with one attached hydrogen (secondary N) is 2. The number of hydrogen-bond donors (Lipinski definition) is 3. The van der Waals surface area contributed by atoms with Gasteiger partial charge < -0.3 is 28.8 Å². The summed E-state index contributed by atoms with van der Waals surface area (Å²) in [5, 5.41) is 12.9. The van der Waals surface area contributed by atoms with E-state index in [4.69, 9.17) is 39.3 Å². The maximum atomic E-state index is 14.7. The second kappa shape index (κ2) is 17.6. The lowest BCUT2D eigenvalue weighted by molar-refractivity contribution is -0.130. The lowest BCUT2D eigenvalue weighted by atomic mass is 9.81. The third-order valence-electron chi connectivity index (χ3n) is 8.28. The zero-order valence-corrected chi connectivity index (χ0v) is 30.1. The molecule has 0 aliphatic carbocycles. The number of aliphatic imine (C=N–C) groups is 1. The second-order valence-electron chi connectivity index (χ2n) is 11.5. The highest BCUT2D eigenvalue weighted by Gasteiger charge is 2.54. The SMILES string of the molecule is COc1cc(CNNC(=O)[C@@]2(Cc3ccc(Br)cc3)N=C(c3ccc(OCCCO)cc3)O[C@H]2c2ccccc2CN=[N+]=[N-])cc(OC)c1OC. The fraction of sp³-hybridized carbons (Fsp3) is 0.297. The average Bonchev–Trinajstić information content (AvgIpc) is 3.54. The van der Waals surface area contributed by atoms with E-state index in [0.29, 0.717) is 52.7 Å². The molecule has 14 heteroatoms. The number of hydrazine groups is 1. The van der Waals surface area contributed by atoms with Crippen molar-refractivity contribution in [2.45, 2.75) is 37.6 Å². The van der Waals surface area contributed by atoms with Crippen LogP contribution in [0.15, 0.2) is 99.5 Å². The molecule has 51 heavy (non-hydrogen) atoms. The monoisotopic (exact) mass is 758 g/mol. The smallest absolute Gasteiger partial charge is 0.266 e. The number of methoxy groups -OCH3 is 3. The van der Waals surface area contributed by atoms with Crippen LogP contribution in [0.1, 0.15) is 40.3 Å². The van der Waals surface area contributed by atoms with Crippen LogP contribution in [0.3, 0.4) is 0 Å². The molecule has 0 spiro atoms. The summed E-state index contributed by atoms with van der Waals surface area (Å²) in [6, 6.07) is 25.8. The van der Waals surface area contributed by atoms with E-state index in [1.54, 1.807) is 24.3 Å². The normalized spacial score (nSPS) is 16.3. The van der Waals surface area contributed by atoms with Crippen molar-refractivity contribution in [3.05, 3.63) is 128 Å². The summed E-state index contributed by atoms with van der Waals surface area (Å²) in [7, 11) is 4.61. The standard InChI is InChI=1S/C37H39BrN6O7/c1-47-31-19-25(20-32(48-2)33(31)49-3)22-40-43-36(46)37(21-24-9-13-28(38)14-10-24)34(30-8-5-4-7-27(30)23-41-44-39)51-35(42-37)26-11-15-29(16-12-26)50-18-6-17-45/h4-5,7-16,19-20,34,40,45H,6,17-18,21-23H2,1-3H3,(H,43,46)/t34-,37-/m0/s1. The van der Waals surface area contributed by atoms with Gasteiger partial charge in [-0.25, -0.2) is 10.4 Å². The van der Waals surface area contributed by atoms with E-state index in [9.17, 15) is 4.79 Å². The van der Waals surface area contributed by atoms with Gasteiger partial charge in [0.2, 0.25) is 11.6 Å². The van der Waals surface area contributed by atoms with Crippen LogP contribution in [-0.2, 0) is 29.0 Å². The van der Waals surface area contributed by atoms with E-state index in [-0.39, 0.29) is 32.0 Å². The van der Waals surface area contributed by atoms with Gasteiger partial charge in [-0.05, 0) is 76.3 Å². The summed E-state index contributed by atoms with van der Waals surface area (Å²) in [4.78, 5) is 22.8. The fourth-order valence-electron chi connectivity index (χ4n) is 5.79. The molecule has 3 N–H and O–H groups in total. The topological polar surface area (TPSA) is 169 Å². The highest BCUT2D eigenvalue weighted by molar-refractivity contribution is 9.10. The summed E-state index contributed by atoms with van der Waals surface area (Å²) in [5.74, 6) is 1.85. The lowest BCUT2D eigenvalue weighted by Gasteiger charge is -2.32. The van der Waals surface area contributed by atoms with Crippen LogP contribution in [0.5, 0.6) is 23.0 Å². The molecule has 0 saturated carbocycles. The fourth-order valence-corrected chi connectivity index (χ4v) is 6.05. The number of aliphatic hydroxyl groups excluding tert-OH is 1. The van der Waals surface area contributed by atoms with Crippen LogP contribution in [-0.4, -0.2) is 57.0 Å². The Labute approximate surface area is 304 Å². The van der Waals surface area contributed by atoms with Gasteiger partial charge in [0.1, 0.15) is 5.75 Å². The summed E-state index contributed by atoms with van der Waals surface area (Å²) < 4.78 is 29.7. The van der Waals surface area contributed by atoms with Crippen LogP contribution >= 0.6 is 15.9 Å². The molecule has 4 aromatic rings. The van der Waals surface area contributed by atoms with Crippen LogP contribution in [0.25, 0.3) is 10.4 Å². The van der Waals surface area contributed by atoms with Crippen molar-refractivity contribution < 1.29 is 33.6 Å². The largest absolute Gasteiger partial charge is 0.494 e. The van der Waals surface area contributed by atoms with Gasteiger partial charge in [-0.15, -0.1) is 0 Å². The molecule has 1 aliphatic rings. The maximum absolute atomic E-state index is 14.7. The van der Waals surface area contributed by atoms with Crippen LogP contribution < -0.4 is 29.8 Å². The number of azide groups is 1. The van der Waals surface area contributed by atoms with Gasteiger partial charge in [-0.1, -0.05) is 57.4 Å². The molecule has 4 aromatic carbocycles. The average molecular weight is 760 g/mol. The first-order valence-electron chi connectivity index (χ1n) is 16.1. The number of carbonyl (C=O) groups excluding carboxylic acids is 1. The van der Waals surface area contributed by atoms with Gasteiger partial charge >= 0.3 is 0 Å². The molecule has 1 aliphatic heterocycles. The minimum Gasteiger partial charge on any atom is -0.494 e. The molecule has 1 heterocycles. The molecule has 1 amide bonds. The Morgan fingerprint density at radius 2 is 1.71 bits per heavy atom. The summed E-state index contributed by atoms with van der Waals surface area (Å²) in [6.07, 6.45) is -0.232. The van der Waals surface area contributed by atoms with Gasteiger partial charge in [0, 0.05) is 40.9 Å². The Morgan fingerprint density at radius 3 is 2.35 bits per heavy atom. The first kappa shape index (κ1) is 37.0. The number of aliphatic hydroxyl groups is 1. The minimum absolute atomic E-state index is 0.0329. The molecule has 0 unspecified atom stereocenters. The Kier molecular flexibility index (Phi) is 12.8. The molecule has 0 saturated heterocycles. The number of nitrogens with zero attached hydrogens (tertiary/aromatic N) is 4. The van der Waals surface area contributed by atoms with E-state index >= 15 is 0 Å². The van der Waals surface area contributed by atoms with E-state index in [2.05, 4.69) is 36.8 Å². The molecule has 0 aromatic heterocycles. The summed E-state index contributed by atoms with van der Waals surface area (Å²) in [5.41, 5.74) is 17.2. The van der Waals surface area contributed by atoms with Crippen molar-refractivity contribution in [3.63, 3.8) is 0 Å². The van der Waals surface area contributed by atoms with E-state index in [1.165, 1.54) is 21.3 Å². The van der Waals surface area contributed by atoms with Gasteiger partial charge in [0.15, 0.2) is 23.1 Å². The molecule has 0 fully saturated rings. The third kappa shape index (κ3) is 8.73. The number of rotatable bonds is 17. The molecule has 0 radical (unpaired) electrons. The lowest BCUT2D eigenvalue weighted by Crippen LogP contribution is -2.53. The Morgan fingerprint density at radius 1 is 1.00 bits per heavy atom. The minimum atomic E-state index is -1.52. The predicted octanol–water partition coefficient (Wildman–Crippen LogP) is 6.37. The zero-order valence-electron chi connectivity index (χ0n) is 28.5. The summed E-state index contributed by atoms with van der Waals surface area (Å²) >= 11 is 3.50. The Bertz CT molecular complexity index is 1860.